The summed E-state index contributed by atoms with van der Waals surface area (Å²) in [5, 5.41) is 18.9. The van der Waals surface area contributed by atoms with Crippen molar-refractivity contribution in [3.05, 3.63) is 23.9 Å². The van der Waals surface area contributed by atoms with Gasteiger partial charge < -0.3 is 20.0 Å². The number of aliphatic hydroxyl groups excluding tert-OH is 2. The summed E-state index contributed by atoms with van der Waals surface area (Å²) < 4.78 is 0. The SMILES string of the molecule is O=C1N([C@H]2CC[C@H](O)CC2)CC[C@@]12CCCN(c1ccc(CO)cn1)C2. The highest BCUT2D eigenvalue weighted by Crippen LogP contribution is 2.43. The summed E-state index contributed by atoms with van der Waals surface area (Å²) in [6.45, 7) is 2.52. The smallest absolute Gasteiger partial charge is 0.230 e. The molecule has 2 saturated heterocycles. The molecule has 6 heteroatoms. The number of rotatable bonds is 3. The number of piperidine rings is 1. The number of amides is 1. The zero-order valence-corrected chi connectivity index (χ0v) is 15.3. The van der Waals surface area contributed by atoms with E-state index in [1.807, 2.05) is 12.1 Å². The molecule has 1 amide bonds. The zero-order valence-electron chi connectivity index (χ0n) is 15.3. The molecule has 4 rings (SSSR count). The maximum atomic E-state index is 13.3. The van der Waals surface area contributed by atoms with Gasteiger partial charge in [0.25, 0.3) is 0 Å². The van der Waals surface area contributed by atoms with Gasteiger partial charge in [-0.15, -0.1) is 0 Å². The highest BCUT2D eigenvalue weighted by atomic mass is 16.3. The van der Waals surface area contributed by atoms with Gasteiger partial charge in [0.05, 0.1) is 18.1 Å². The van der Waals surface area contributed by atoms with Crippen LogP contribution in [0.4, 0.5) is 5.82 Å². The standard InChI is InChI=1S/C20H29N3O3/c24-13-15-2-7-18(21-12-15)22-10-1-8-20(14-22)9-11-23(19(20)26)16-3-5-17(25)6-4-16/h2,7,12,16-17,24-25H,1,3-6,8-11,13-14H2/t16-,17-,20-/m1/s1. The van der Waals surface area contributed by atoms with E-state index < -0.39 is 0 Å². The van der Waals surface area contributed by atoms with Crippen LogP contribution in [0, 0.1) is 5.41 Å². The van der Waals surface area contributed by atoms with Crippen LogP contribution in [0.3, 0.4) is 0 Å². The molecule has 0 radical (unpaired) electrons. The second kappa shape index (κ2) is 7.16. The number of hydrogen-bond donors (Lipinski definition) is 2. The number of aromatic nitrogens is 1. The topological polar surface area (TPSA) is 76.9 Å². The molecule has 1 aromatic heterocycles. The van der Waals surface area contributed by atoms with Gasteiger partial charge in [0.2, 0.25) is 5.91 Å². The van der Waals surface area contributed by atoms with Crippen molar-refractivity contribution in [3.63, 3.8) is 0 Å². The fourth-order valence-corrected chi connectivity index (χ4v) is 4.97. The van der Waals surface area contributed by atoms with E-state index in [1.54, 1.807) is 6.20 Å². The Morgan fingerprint density at radius 1 is 1.15 bits per heavy atom. The first-order valence-electron chi connectivity index (χ1n) is 9.91. The van der Waals surface area contributed by atoms with Crippen LogP contribution < -0.4 is 4.90 Å². The fraction of sp³-hybridized carbons (Fsp3) is 0.700. The minimum Gasteiger partial charge on any atom is -0.393 e. The molecule has 3 heterocycles. The summed E-state index contributed by atoms with van der Waals surface area (Å²) in [5.41, 5.74) is 0.536. The van der Waals surface area contributed by atoms with Crippen molar-refractivity contribution in [3.8, 4) is 0 Å². The molecule has 1 atom stereocenters. The molecule has 2 aliphatic heterocycles. The molecule has 1 saturated carbocycles. The van der Waals surface area contributed by atoms with Crippen molar-refractivity contribution in [1.29, 1.82) is 0 Å². The molecular formula is C20H29N3O3. The predicted octanol–water partition coefficient (Wildman–Crippen LogP) is 1.70. The molecule has 3 aliphatic rings. The van der Waals surface area contributed by atoms with E-state index in [2.05, 4.69) is 14.8 Å². The normalized spacial score (nSPS) is 32.5. The molecule has 1 aliphatic carbocycles. The third kappa shape index (κ3) is 3.21. The third-order valence-electron chi connectivity index (χ3n) is 6.55. The van der Waals surface area contributed by atoms with Crippen molar-refractivity contribution in [2.45, 2.75) is 63.7 Å². The van der Waals surface area contributed by atoms with E-state index in [0.717, 1.165) is 76.0 Å². The van der Waals surface area contributed by atoms with Gasteiger partial charge in [0.15, 0.2) is 0 Å². The second-order valence-corrected chi connectivity index (χ2v) is 8.20. The molecule has 26 heavy (non-hydrogen) atoms. The summed E-state index contributed by atoms with van der Waals surface area (Å²) in [6.07, 6.45) is 7.91. The van der Waals surface area contributed by atoms with Gasteiger partial charge in [0, 0.05) is 31.9 Å². The predicted molar refractivity (Wildman–Crippen MR) is 98.6 cm³/mol. The van der Waals surface area contributed by atoms with Crippen LogP contribution in [0.2, 0.25) is 0 Å². The monoisotopic (exact) mass is 359 g/mol. The summed E-state index contributed by atoms with van der Waals surface area (Å²) >= 11 is 0. The minimum absolute atomic E-state index is 0.000743. The Hall–Kier alpha value is -1.66. The third-order valence-corrected chi connectivity index (χ3v) is 6.55. The summed E-state index contributed by atoms with van der Waals surface area (Å²) in [7, 11) is 0. The van der Waals surface area contributed by atoms with Gasteiger partial charge in [-0.25, -0.2) is 4.98 Å². The molecular weight excluding hydrogens is 330 g/mol. The molecule has 0 bridgehead atoms. The maximum Gasteiger partial charge on any atom is 0.230 e. The van der Waals surface area contributed by atoms with Gasteiger partial charge in [-0.3, -0.25) is 4.79 Å². The Kier molecular flexibility index (Phi) is 4.88. The van der Waals surface area contributed by atoms with Crippen LogP contribution in [0.25, 0.3) is 0 Å². The van der Waals surface area contributed by atoms with E-state index in [-0.39, 0.29) is 18.1 Å². The molecule has 2 N–H and O–H groups in total. The molecule has 0 unspecified atom stereocenters. The van der Waals surface area contributed by atoms with E-state index >= 15 is 0 Å². The van der Waals surface area contributed by atoms with Gasteiger partial charge in [-0.05, 0) is 56.6 Å². The van der Waals surface area contributed by atoms with Gasteiger partial charge in [-0.1, -0.05) is 6.07 Å². The van der Waals surface area contributed by atoms with Crippen molar-refractivity contribution in [1.82, 2.24) is 9.88 Å². The number of aliphatic hydroxyl groups is 2. The lowest BCUT2D eigenvalue weighted by atomic mass is 9.78. The Morgan fingerprint density at radius 2 is 1.96 bits per heavy atom. The first-order valence-corrected chi connectivity index (χ1v) is 9.91. The van der Waals surface area contributed by atoms with Crippen LogP contribution in [0.5, 0.6) is 0 Å². The lowest BCUT2D eigenvalue weighted by molar-refractivity contribution is -0.139. The van der Waals surface area contributed by atoms with E-state index in [1.165, 1.54) is 0 Å². The summed E-state index contributed by atoms with van der Waals surface area (Å²) in [6, 6.07) is 4.16. The Bertz CT molecular complexity index is 642. The van der Waals surface area contributed by atoms with Crippen molar-refractivity contribution in [2.24, 2.45) is 5.41 Å². The summed E-state index contributed by atoms with van der Waals surface area (Å²) in [5.74, 6) is 1.21. The van der Waals surface area contributed by atoms with E-state index in [9.17, 15) is 15.0 Å². The highest BCUT2D eigenvalue weighted by Gasteiger charge is 2.50. The van der Waals surface area contributed by atoms with Gasteiger partial charge >= 0.3 is 0 Å². The first kappa shape index (κ1) is 17.7. The van der Waals surface area contributed by atoms with Crippen LogP contribution in [-0.2, 0) is 11.4 Å². The average Bonchev–Trinajstić information content (AvgIpc) is 2.98. The van der Waals surface area contributed by atoms with Crippen molar-refractivity contribution < 1.29 is 15.0 Å². The second-order valence-electron chi connectivity index (χ2n) is 8.20. The number of hydrogen-bond acceptors (Lipinski definition) is 5. The number of nitrogens with zero attached hydrogens (tertiary/aromatic N) is 3. The molecule has 3 fully saturated rings. The summed E-state index contributed by atoms with van der Waals surface area (Å²) in [4.78, 5) is 22.1. The minimum atomic E-state index is -0.272. The van der Waals surface area contributed by atoms with E-state index in [0.29, 0.717) is 11.9 Å². The number of pyridine rings is 1. The Labute approximate surface area is 154 Å². The zero-order chi connectivity index (χ0) is 18.1. The number of carbonyl (C=O) groups is 1. The first-order chi connectivity index (χ1) is 12.6. The van der Waals surface area contributed by atoms with Crippen molar-refractivity contribution in [2.75, 3.05) is 24.5 Å². The molecule has 0 aromatic carbocycles. The van der Waals surface area contributed by atoms with Crippen LogP contribution in [-0.4, -0.2) is 57.8 Å². The van der Waals surface area contributed by atoms with E-state index in [4.69, 9.17) is 0 Å². The molecule has 1 aromatic rings. The molecule has 1 spiro atoms. The molecule has 6 nitrogen and oxygen atoms in total. The lowest BCUT2D eigenvalue weighted by Gasteiger charge is -2.41. The number of carbonyl (C=O) groups excluding carboxylic acids is 1. The Balaban J connectivity index is 1.46. The van der Waals surface area contributed by atoms with Gasteiger partial charge in [-0.2, -0.15) is 0 Å². The average molecular weight is 359 g/mol. The van der Waals surface area contributed by atoms with Gasteiger partial charge in [0.1, 0.15) is 5.82 Å². The number of anilines is 1. The molecule has 142 valence electrons. The number of likely N-dealkylation sites (tertiary alicyclic amines) is 1. The lowest BCUT2D eigenvalue weighted by Crippen LogP contribution is -2.50. The van der Waals surface area contributed by atoms with Crippen LogP contribution >= 0.6 is 0 Å². The van der Waals surface area contributed by atoms with Crippen LogP contribution in [0.15, 0.2) is 18.3 Å². The highest BCUT2D eigenvalue weighted by molar-refractivity contribution is 5.86. The Morgan fingerprint density at radius 3 is 2.65 bits per heavy atom. The van der Waals surface area contributed by atoms with Crippen molar-refractivity contribution >= 4 is 11.7 Å². The quantitative estimate of drug-likeness (QED) is 0.859. The largest absolute Gasteiger partial charge is 0.393 e. The maximum absolute atomic E-state index is 13.3. The van der Waals surface area contributed by atoms with Crippen LogP contribution in [0.1, 0.15) is 50.5 Å². The fourth-order valence-electron chi connectivity index (χ4n) is 4.97.